The summed E-state index contributed by atoms with van der Waals surface area (Å²) in [6, 6.07) is 0. The first-order valence-electron chi connectivity index (χ1n) is 15.7. The zero-order valence-electron chi connectivity index (χ0n) is 28.0. The molecule has 7 nitrogen and oxygen atoms in total. The van der Waals surface area contributed by atoms with Crippen LogP contribution in [0, 0.1) is 50.2 Å². The molecule has 0 heterocycles. The van der Waals surface area contributed by atoms with E-state index in [1.807, 2.05) is 13.0 Å². The molecule has 0 aromatic rings. The first kappa shape index (κ1) is 37.3. The van der Waals surface area contributed by atoms with Crippen molar-refractivity contribution < 1.29 is 93.2 Å². The normalized spacial score (nSPS) is 44.4. The largest absolute Gasteiger partial charge is 1.00 e. The Morgan fingerprint density at radius 2 is 1.49 bits per heavy atom. The minimum absolute atomic E-state index is 0. The maximum atomic E-state index is 14.4. The standard InChI is InChI=1S/C34H50O7.2Na/c1-29(2)23-10-13-34(7)27(32(23,5)12-11-24(29)41-26(38)9-8-25(36)37)22(35)18-20-21-19-31(4,28(39)40)15-14-30(21,3)16-17-33(20,34)6;;/h18,21,23-24,27H,8-17,19H2,1-7H3,(H,36,37)(H,39,40);;/q;2*+1/p-2/t21-,23-,24-,27+,30+,31+,32-,33+,34+;;/m0../s1. The monoisotopic (exact) mass is 614 g/mol. The minimum Gasteiger partial charge on any atom is -0.550 e. The van der Waals surface area contributed by atoms with Crippen LogP contribution in [0.4, 0.5) is 0 Å². The van der Waals surface area contributed by atoms with Gasteiger partial charge in [0.15, 0.2) is 5.78 Å². The van der Waals surface area contributed by atoms with Gasteiger partial charge < -0.3 is 24.5 Å². The molecule has 0 aliphatic heterocycles. The van der Waals surface area contributed by atoms with Gasteiger partial charge in [-0.15, -0.1) is 0 Å². The van der Waals surface area contributed by atoms with Gasteiger partial charge in [-0.1, -0.05) is 54.0 Å². The predicted molar refractivity (Wildman–Crippen MR) is 149 cm³/mol. The summed E-state index contributed by atoms with van der Waals surface area (Å²) in [5.74, 6) is -2.53. The van der Waals surface area contributed by atoms with E-state index in [1.54, 1.807) is 0 Å². The summed E-state index contributed by atoms with van der Waals surface area (Å²) in [5, 5.41) is 23.1. The van der Waals surface area contributed by atoms with E-state index >= 15 is 0 Å². The zero-order valence-corrected chi connectivity index (χ0v) is 32.0. The van der Waals surface area contributed by atoms with Crippen molar-refractivity contribution in [3.8, 4) is 0 Å². The summed E-state index contributed by atoms with van der Waals surface area (Å²) in [6.45, 7) is 15.3. The van der Waals surface area contributed by atoms with Crippen LogP contribution in [0.2, 0.25) is 0 Å². The number of carboxylic acid groups (broad SMARTS) is 2. The number of carbonyl (C=O) groups is 4. The second-order valence-corrected chi connectivity index (χ2v) is 16.3. The summed E-state index contributed by atoms with van der Waals surface area (Å²) >= 11 is 0. The van der Waals surface area contributed by atoms with Crippen molar-refractivity contribution in [2.45, 2.75) is 125 Å². The molecule has 4 fully saturated rings. The van der Waals surface area contributed by atoms with E-state index in [1.165, 1.54) is 5.57 Å². The molecular weight excluding hydrogens is 566 g/mol. The van der Waals surface area contributed by atoms with E-state index in [0.29, 0.717) is 19.3 Å². The van der Waals surface area contributed by atoms with Gasteiger partial charge in [0.1, 0.15) is 6.10 Å². The van der Waals surface area contributed by atoms with Gasteiger partial charge in [-0.3, -0.25) is 9.59 Å². The number of allylic oxidation sites excluding steroid dienone is 2. The number of hydrogen-bond donors (Lipinski definition) is 0. The summed E-state index contributed by atoms with van der Waals surface area (Å²) in [4.78, 5) is 50.0. The van der Waals surface area contributed by atoms with Crippen molar-refractivity contribution in [3.05, 3.63) is 11.6 Å². The molecule has 0 amide bonds. The van der Waals surface area contributed by atoms with Gasteiger partial charge in [-0.2, -0.15) is 0 Å². The first-order chi connectivity index (χ1) is 18.8. The van der Waals surface area contributed by atoms with E-state index in [4.69, 9.17) is 4.74 Å². The van der Waals surface area contributed by atoms with Crippen LogP contribution in [-0.4, -0.2) is 29.8 Å². The molecule has 5 aliphatic carbocycles. The van der Waals surface area contributed by atoms with Gasteiger partial charge in [-0.05, 0) is 104 Å². The molecule has 5 aliphatic rings. The second-order valence-electron chi connectivity index (χ2n) is 16.3. The molecule has 5 rings (SSSR count). The number of carboxylic acids is 2. The Kier molecular flexibility index (Phi) is 10.5. The van der Waals surface area contributed by atoms with Crippen LogP contribution in [0.5, 0.6) is 0 Å². The number of rotatable bonds is 5. The molecule has 4 saturated carbocycles. The third-order valence-corrected chi connectivity index (χ3v) is 13.8. The molecule has 0 unspecified atom stereocenters. The maximum Gasteiger partial charge on any atom is 1.00 e. The summed E-state index contributed by atoms with van der Waals surface area (Å²) in [5.41, 5.74) is -0.823. The van der Waals surface area contributed by atoms with Crippen molar-refractivity contribution in [2.24, 2.45) is 50.2 Å². The summed E-state index contributed by atoms with van der Waals surface area (Å²) in [6.07, 6.45) is 8.26. The smallest absolute Gasteiger partial charge is 0.550 e. The molecule has 0 saturated heterocycles. The molecule has 9 atom stereocenters. The van der Waals surface area contributed by atoms with E-state index in [2.05, 4.69) is 41.5 Å². The van der Waals surface area contributed by atoms with Crippen LogP contribution in [-0.2, 0) is 23.9 Å². The topological polar surface area (TPSA) is 124 Å². The molecule has 0 N–H and O–H groups in total. The van der Waals surface area contributed by atoms with Crippen LogP contribution in [0.25, 0.3) is 0 Å². The Labute approximate surface area is 301 Å². The van der Waals surface area contributed by atoms with Crippen molar-refractivity contribution in [2.75, 3.05) is 0 Å². The SMILES string of the molecule is CC1(C)[C@@H](OC(=O)CCC(=O)[O-])CC[C@]2(C)[C@H]3C(=O)C=C4[C@@H]5C[C@](C)(C(=O)[O-])CC[C@]5(C)CC[C@@]4(C)[C@]3(C)CC[C@@H]12.[Na+].[Na+]. The van der Waals surface area contributed by atoms with Gasteiger partial charge in [-0.25, -0.2) is 0 Å². The number of aliphatic carboxylic acids is 2. The Morgan fingerprint density at radius 3 is 2.09 bits per heavy atom. The number of carbonyl (C=O) groups excluding carboxylic acids is 4. The van der Waals surface area contributed by atoms with Crippen LogP contribution < -0.4 is 69.3 Å². The molecule has 0 aromatic heterocycles. The third-order valence-electron chi connectivity index (χ3n) is 13.8. The van der Waals surface area contributed by atoms with Gasteiger partial charge in [0, 0.05) is 28.7 Å². The molecule has 228 valence electrons. The average Bonchev–Trinajstić information content (AvgIpc) is 2.86. The van der Waals surface area contributed by atoms with Gasteiger partial charge in [0.25, 0.3) is 0 Å². The average molecular weight is 615 g/mol. The number of ketones is 1. The Bertz CT molecular complexity index is 1210. The van der Waals surface area contributed by atoms with Crippen molar-refractivity contribution in [1.29, 1.82) is 0 Å². The number of hydrogen-bond acceptors (Lipinski definition) is 7. The van der Waals surface area contributed by atoms with Crippen LogP contribution in [0.3, 0.4) is 0 Å². The van der Waals surface area contributed by atoms with Crippen LogP contribution in [0.1, 0.15) is 119 Å². The first-order valence-corrected chi connectivity index (χ1v) is 15.7. The Balaban J connectivity index is 0.00000253. The molecular formula is C34H48Na2O7. The fourth-order valence-corrected chi connectivity index (χ4v) is 11.0. The molecule has 0 aromatic carbocycles. The van der Waals surface area contributed by atoms with E-state index in [-0.39, 0.29) is 129 Å². The van der Waals surface area contributed by atoms with Crippen molar-refractivity contribution in [3.63, 3.8) is 0 Å². The minimum atomic E-state index is -1.26. The van der Waals surface area contributed by atoms with Gasteiger partial charge >= 0.3 is 65.1 Å². The van der Waals surface area contributed by atoms with E-state index in [0.717, 1.165) is 38.5 Å². The number of fused-ring (bicyclic) bond motifs is 7. The van der Waals surface area contributed by atoms with Gasteiger partial charge in [0.2, 0.25) is 0 Å². The van der Waals surface area contributed by atoms with Crippen LogP contribution in [0.15, 0.2) is 11.6 Å². The van der Waals surface area contributed by atoms with Gasteiger partial charge in [0.05, 0.1) is 6.42 Å². The fourth-order valence-electron chi connectivity index (χ4n) is 11.0. The fraction of sp³-hybridized carbons (Fsp3) is 0.824. The zero-order chi connectivity index (χ0) is 30.4. The molecule has 0 bridgehead atoms. The molecule has 0 radical (unpaired) electrons. The Morgan fingerprint density at radius 1 is 0.860 bits per heavy atom. The Hall–Kier alpha value is -0.180. The van der Waals surface area contributed by atoms with Crippen molar-refractivity contribution in [1.82, 2.24) is 0 Å². The summed E-state index contributed by atoms with van der Waals surface area (Å²) in [7, 11) is 0. The van der Waals surface area contributed by atoms with Crippen molar-refractivity contribution >= 4 is 23.7 Å². The molecule has 43 heavy (non-hydrogen) atoms. The third kappa shape index (κ3) is 5.60. The second kappa shape index (κ2) is 12.1. The number of ether oxygens (including phenoxy) is 1. The maximum absolute atomic E-state index is 14.4. The van der Waals surface area contributed by atoms with E-state index < -0.39 is 23.3 Å². The predicted octanol–water partition coefficient (Wildman–Crippen LogP) is -1.83. The molecule has 9 heteroatoms. The van der Waals surface area contributed by atoms with Crippen LogP contribution >= 0.6 is 0 Å². The quantitative estimate of drug-likeness (QED) is 0.264. The summed E-state index contributed by atoms with van der Waals surface area (Å²) < 4.78 is 5.87. The van der Waals surface area contributed by atoms with E-state index in [9.17, 15) is 29.4 Å². The number of esters is 1. The molecule has 0 spiro atoms.